The largest absolute Gasteiger partial charge is 0.0984 e. The van der Waals surface area contributed by atoms with E-state index in [0.717, 1.165) is 0 Å². The number of hydrogen-bond acceptors (Lipinski definition) is 0. The lowest BCUT2D eigenvalue weighted by Gasteiger charge is -2.30. The molecule has 2 atom stereocenters. The van der Waals surface area contributed by atoms with Gasteiger partial charge in [-0.15, -0.1) is 0 Å². The summed E-state index contributed by atoms with van der Waals surface area (Å²) in [5, 5.41) is 7.91. The molecule has 3 saturated carbocycles. The third-order valence-electron chi connectivity index (χ3n) is 11.4. The van der Waals surface area contributed by atoms with Crippen LogP contribution in [0, 0.1) is 6.92 Å². The second-order valence-electron chi connectivity index (χ2n) is 14.6. The Bertz CT molecular complexity index is 2390. The Kier molecular flexibility index (Phi) is 6.32. The van der Waals surface area contributed by atoms with Crippen LogP contribution >= 0.6 is 0 Å². The molecule has 7 aromatic rings. The van der Waals surface area contributed by atoms with Crippen molar-refractivity contribution < 1.29 is 0 Å². The van der Waals surface area contributed by atoms with Gasteiger partial charge in [0.25, 0.3) is 0 Å². The third-order valence-corrected chi connectivity index (χ3v) is 11.4. The molecule has 0 spiro atoms. The number of benzene rings is 7. The summed E-state index contributed by atoms with van der Waals surface area (Å²) in [6.07, 6.45) is 10.5. The Morgan fingerprint density at radius 3 is 1.73 bits per heavy atom. The van der Waals surface area contributed by atoms with Gasteiger partial charge in [-0.25, -0.2) is 0 Å². The van der Waals surface area contributed by atoms with E-state index < -0.39 is 0 Å². The van der Waals surface area contributed by atoms with E-state index in [1.54, 1.807) is 16.7 Å². The maximum absolute atomic E-state index is 4.49. The van der Waals surface area contributed by atoms with Gasteiger partial charge in [-0.3, -0.25) is 0 Å². The summed E-state index contributed by atoms with van der Waals surface area (Å²) in [6.45, 7) is 6.92. The molecular formula is C48H40. The first-order valence-electron chi connectivity index (χ1n) is 18.1. The van der Waals surface area contributed by atoms with Crippen molar-refractivity contribution in [3.63, 3.8) is 0 Å². The first-order valence-corrected chi connectivity index (χ1v) is 18.1. The van der Waals surface area contributed by atoms with Crippen LogP contribution in [-0.4, -0.2) is 0 Å². The van der Waals surface area contributed by atoms with Gasteiger partial charge in [-0.1, -0.05) is 147 Å². The van der Waals surface area contributed by atoms with E-state index in [0.29, 0.717) is 17.8 Å². The highest BCUT2D eigenvalue weighted by atomic mass is 14.5. The van der Waals surface area contributed by atoms with Crippen LogP contribution in [0.25, 0.3) is 71.8 Å². The van der Waals surface area contributed by atoms with Crippen LogP contribution in [0.15, 0.2) is 122 Å². The minimum absolute atomic E-state index is 0.599. The summed E-state index contributed by atoms with van der Waals surface area (Å²) in [5.41, 5.74) is 16.0. The van der Waals surface area contributed by atoms with Gasteiger partial charge in [0.2, 0.25) is 0 Å². The number of fused-ring (bicyclic) bond motifs is 9. The molecule has 0 bridgehead atoms. The topological polar surface area (TPSA) is 0 Å². The van der Waals surface area contributed by atoms with Gasteiger partial charge in [-0.2, -0.15) is 0 Å². The molecule has 0 heterocycles. The SMILES string of the molecule is C1CC1.C=Cc1c(C2CC2)c(-c2c3ccccc3c(-c3cccc4ccccc34)c3ccccc23)c(C)c2c1C1CC1c1ccccc1-2. The number of hydrogen-bond donors (Lipinski definition) is 0. The zero-order valence-electron chi connectivity index (χ0n) is 27.7. The highest BCUT2D eigenvalue weighted by Gasteiger charge is 2.48. The Morgan fingerprint density at radius 1 is 0.521 bits per heavy atom. The molecule has 0 radical (unpaired) electrons. The Hall–Kier alpha value is -4.94. The van der Waals surface area contributed by atoms with Gasteiger partial charge in [0.05, 0.1) is 0 Å². The molecule has 0 heteroatoms. The van der Waals surface area contributed by atoms with E-state index >= 15 is 0 Å². The second-order valence-corrected chi connectivity index (χ2v) is 14.6. The maximum atomic E-state index is 4.49. The average molecular weight is 617 g/mol. The van der Waals surface area contributed by atoms with Gasteiger partial charge < -0.3 is 0 Å². The first-order chi connectivity index (χ1) is 23.7. The van der Waals surface area contributed by atoms with Gasteiger partial charge in [0, 0.05) is 0 Å². The van der Waals surface area contributed by atoms with Crippen molar-refractivity contribution in [1.82, 2.24) is 0 Å². The van der Waals surface area contributed by atoms with E-state index in [1.165, 1.54) is 115 Å². The van der Waals surface area contributed by atoms with E-state index in [1.807, 2.05) is 0 Å². The minimum Gasteiger partial charge on any atom is -0.0984 e. The predicted octanol–water partition coefficient (Wildman–Crippen LogP) is 13.7. The molecule has 0 aliphatic heterocycles. The fourth-order valence-corrected chi connectivity index (χ4v) is 9.05. The van der Waals surface area contributed by atoms with Crippen LogP contribution in [0.2, 0.25) is 0 Å². The Labute approximate surface area is 283 Å². The van der Waals surface area contributed by atoms with Crippen LogP contribution in [0.5, 0.6) is 0 Å². The average Bonchev–Trinajstić information content (AvgIpc) is 3.98. The monoisotopic (exact) mass is 616 g/mol. The Morgan fingerprint density at radius 2 is 1.08 bits per heavy atom. The molecule has 7 aromatic carbocycles. The molecule has 3 fully saturated rings. The summed E-state index contributed by atoms with van der Waals surface area (Å²) in [7, 11) is 0. The zero-order chi connectivity index (χ0) is 31.9. The molecule has 0 saturated heterocycles. The van der Waals surface area contributed by atoms with Gasteiger partial charge in [0.15, 0.2) is 0 Å². The lowest BCUT2D eigenvalue weighted by atomic mass is 9.73. The van der Waals surface area contributed by atoms with Crippen molar-refractivity contribution in [3.05, 3.63) is 150 Å². The second kappa shape index (κ2) is 10.8. The minimum atomic E-state index is 0.599. The normalized spacial score (nSPS) is 18.4. The van der Waals surface area contributed by atoms with E-state index in [-0.39, 0.29) is 0 Å². The van der Waals surface area contributed by atoms with Crippen LogP contribution in [-0.2, 0) is 0 Å². The molecule has 0 aromatic heterocycles. The van der Waals surface area contributed by atoms with Crippen LogP contribution in [0.4, 0.5) is 0 Å². The van der Waals surface area contributed by atoms with E-state index in [9.17, 15) is 0 Å². The van der Waals surface area contributed by atoms with E-state index in [4.69, 9.17) is 0 Å². The highest BCUT2D eigenvalue weighted by Crippen LogP contribution is 2.66. The summed E-state index contributed by atoms with van der Waals surface area (Å²) in [6, 6.07) is 43.2. The summed E-state index contributed by atoms with van der Waals surface area (Å²) in [5.74, 6) is 1.88. The van der Waals surface area contributed by atoms with Crippen LogP contribution < -0.4 is 0 Å². The smallest absolute Gasteiger partial charge is 0.00201 e. The molecule has 0 amide bonds. The van der Waals surface area contributed by atoms with Crippen molar-refractivity contribution in [2.45, 2.75) is 63.2 Å². The number of rotatable bonds is 4. The van der Waals surface area contributed by atoms with Crippen molar-refractivity contribution in [3.8, 4) is 33.4 Å². The summed E-state index contributed by atoms with van der Waals surface area (Å²) in [4.78, 5) is 0. The van der Waals surface area contributed by atoms with Gasteiger partial charge in [-0.05, 0) is 137 Å². The quantitative estimate of drug-likeness (QED) is 0.173. The molecule has 4 aliphatic rings. The lowest BCUT2D eigenvalue weighted by molar-refractivity contribution is 0.982. The van der Waals surface area contributed by atoms with Gasteiger partial charge >= 0.3 is 0 Å². The first kappa shape index (κ1) is 28.1. The van der Waals surface area contributed by atoms with Crippen LogP contribution in [0.3, 0.4) is 0 Å². The zero-order valence-corrected chi connectivity index (χ0v) is 27.7. The van der Waals surface area contributed by atoms with E-state index in [2.05, 4.69) is 135 Å². The van der Waals surface area contributed by atoms with Gasteiger partial charge in [0.1, 0.15) is 0 Å². The standard InChI is InChI=1S/C45H34.C3H6/c1-3-29-42(28-23-24-28)41(26(2)40-33-17-7-6-16-31(33)38-25-39(38)44(29)40)45-36-20-10-8-18-34(36)43(35-19-9-11-21-37(35)45)32-22-12-14-27-13-4-5-15-30(27)32;1-2-3-1/h3-22,28,38-39H,1,23-25H2,2H3;1-3H2. The maximum Gasteiger partial charge on any atom is -0.00201 e. The fraction of sp³-hybridized carbons (Fsp3) is 0.208. The van der Waals surface area contributed by atoms with Crippen molar-refractivity contribution in [2.75, 3.05) is 0 Å². The molecular weight excluding hydrogens is 577 g/mol. The summed E-state index contributed by atoms with van der Waals surface area (Å²) >= 11 is 0. The molecule has 11 rings (SSSR count). The molecule has 0 N–H and O–H groups in total. The fourth-order valence-electron chi connectivity index (χ4n) is 9.05. The molecule has 48 heavy (non-hydrogen) atoms. The van der Waals surface area contributed by atoms with Crippen molar-refractivity contribution >= 4 is 38.4 Å². The summed E-state index contributed by atoms with van der Waals surface area (Å²) < 4.78 is 0. The molecule has 4 aliphatic carbocycles. The molecule has 2 unspecified atom stereocenters. The third kappa shape index (κ3) is 4.21. The van der Waals surface area contributed by atoms with Crippen molar-refractivity contribution in [2.24, 2.45) is 0 Å². The Balaban J connectivity index is 0.000000936. The lowest BCUT2D eigenvalue weighted by Crippen LogP contribution is -2.09. The van der Waals surface area contributed by atoms with Crippen molar-refractivity contribution in [1.29, 1.82) is 0 Å². The highest BCUT2D eigenvalue weighted by molar-refractivity contribution is 6.24. The molecule has 0 nitrogen and oxygen atoms in total. The van der Waals surface area contributed by atoms with Crippen LogP contribution in [0.1, 0.15) is 84.1 Å². The molecule has 232 valence electrons. The predicted molar refractivity (Wildman–Crippen MR) is 206 cm³/mol.